The van der Waals surface area contributed by atoms with Gasteiger partial charge < -0.3 is 35.2 Å². The second-order valence-electron chi connectivity index (χ2n) is 12.4. The number of aliphatic hydroxyl groups is 1. The first-order chi connectivity index (χ1) is 23.5. The van der Waals surface area contributed by atoms with Crippen molar-refractivity contribution in [2.24, 2.45) is 0 Å². The number of rotatable bonds is 9. The zero-order chi connectivity index (χ0) is 34.7. The molecule has 2 aliphatic heterocycles. The second kappa shape index (κ2) is 14.2. The zero-order valence-electron chi connectivity index (χ0n) is 27.6. The fourth-order valence-corrected chi connectivity index (χ4v) is 6.74. The number of para-hydroxylation sites is 1. The van der Waals surface area contributed by atoms with Gasteiger partial charge in [-0.3, -0.25) is 9.59 Å². The number of piperazine rings is 1. The Morgan fingerprint density at radius 3 is 2.59 bits per heavy atom. The molecule has 1 atom stereocenters. The number of hydrogen-bond acceptors (Lipinski definition) is 11. The van der Waals surface area contributed by atoms with Gasteiger partial charge in [-0.15, -0.1) is 0 Å². The molecule has 2 aliphatic rings. The Balaban J connectivity index is 1.27. The summed E-state index contributed by atoms with van der Waals surface area (Å²) in [5, 5.41) is 16.8. The van der Waals surface area contributed by atoms with E-state index in [9.17, 15) is 19.1 Å². The molecule has 0 radical (unpaired) electrons. The van der Waals surface area contributed by atoms with Gasteiger partial charge in [0.15, 0.2) is 22.5 Å². The van der Waals surface area contributed by atoms with Crippen molar-refractivity contribution in [1.29, 1.82) is 0 Å². The first-order valence-corrected chi connectivity index (χ1v) is 16.9. The van der Waals surface area contributed by atoms with Gasteiger partial charge in [0.2, 0.25) is 5.91 Å². The van der Waals surface area contributed by atoms with Crippen LogP contribution in [0.5, 0.6) is 5.75 Å². The van der Waals surface area contributed by atoms with Crippen molar-refractivity contribution in [2.45, 2.75) is 38.3 Å². The van der Waals surface area contributed by atoms with Crippen LogP contribution in [0.2, 0.25) is 0 Å². The lowest BCUT2D eigenvalue weighted by Gasteiger charge is -2.43. The molecule has 2 amide bonds. The van der Waals surface area contributed by atoms with Crippen LogP contribution in [0.25, 0.3) is 11.3 Å². The zero-order valence-corrected chi connectivity index (χ0v) is 28.5. The number of hydrogen-bond donors (Lipinski definition) is 3. The molecule has 0 aliphatic carbocycles. The van der Waals surface area contributed by atoms with Crippen molar-refractivity contribution < 1.29 is 23.8 Å². The summed E-state index contributed by atoms with van der Waals surface area (Å²) in [6, 6.07) is 11.7. The Hall–Kier alpha value is -5.08. The highest BCUT2D eigenvalue weighted by Gasteiger charge is 2.32. The molecule has 3 N–H and O–H groups in total. The maximum absolute atomic E-state index is 14.1. The number of piperidine rings is 1. The fraction of sp³-hybridized carbons (Fsp3) is 0.343. The van der Waals surface area contributed by atoms with Gasteiger partial charge in [0.1, 0.15) is 10.7 Å². The van der Waals surface area contributed by atoms with E-state index in [-0.39, 0.29) is 22.5 Å². The van der Waals surface area contributed by atoms with Gasteiger partial charge in [-0.25, -0.2) is 19.3 Å². The maximum Gasteiger partial charge on any atom is 0.267 e. The topological polar surface area (TPSA) is 136 Å². The van der Waals surface area contributed by atoms with Crippen LogP contribution in [0.1, 0.15) is 36.4 Å². The lowest BCUT2D eigenvalue weighted by Crippen LogP contribution is -2.54. The molecule has 0 bridgehead atoms. The normalized spacial score (nSPS) is 17.4. The molecule has 2 fully saturated rings. The van der Waals surface area contributed by atoms with Gasteiger partial charge in [-0.05, 0) is 63.1 Å². The number of halogens is 1. The summed E-state index contributed by atoms with van der Waals surface area (Å²) >= 11 is 1.10. The van der Waals surface area contributed by atoms with Crippen LogP contribution in [0.15, 0.2) is 67.5 Å². The molecule has 5 heterocycles. The summed E-state index contributed by atoms with van der Waals surface area (Å²) < 4.78 is 19.6. The molecule has 6 rings (SSSR count). The molecule has 3 aromatic heterocycles. The van der Waals surface area contributed by atoms with E-state index in [1.165, 1.54) is 24.4 Å². The minimum atomic E-state index is -0.723. The van der Waals surface area contributed by atoms with Crippen LogP contribution in [0, 0.1) is 5.82 Å². The first kappa shape index (κ1) is 33.8. The molecular weight excluding hydrogens is 648 g/mol. The summed E-state index contributed by atoms with van der Waals surface area (Å²) in [6.45, 7) is 10.7. The molecule has 1 unspecified atom stereocenters. The summed E-state index contributed by atoms with van der Waals surface area (Å²) in [5.41, 5.74) is 1.70. The van der Waals surface area contributed by atoms with Gasteiger partial charge in [0.05, 0.1) is 36.0 Å². The number of carbonyl (C=O) groups is 2. The van der Waals surface area contributed by atoms with Crippen LogP contribution < -0.4 is 25.2 Å². The van der Waals surface area contributed by atoms with E-state index in [2.05, 4.69) is 38.1 Å². The van der Waals surface area contributed by atoms with Crippen LogP contribution >= 0.6 is 11.3 Å². The predicted molar refractivity (Wildman–Crippen MR) is 189 cm³/mol. The number of pyridine rings is 2. The summed E-state index contributed by atoms with van der Waals surface area (Å²) in [6.07, 6.45) is 5.80. The van der Waals surface area contributed by atoms with Gasteiger partial charge in [0.25, 0.3) is 5.91 Å². The van der Waals surface area contributed by atoms with Crippen LogP contribution in [-0.2, 0) is 4.79 Å². The minimum absolute atomic E-state index is 0.0236. The Morgan fingerprint density at radius 2 is 1.88 bits per heavy atom. The second-order valence-corrected chi connectivity index (χ2v) is 13.4. The highest BCUT2D eigenvalue weighted by molar-refractivity contribution is 7.17. The average molecular weight is 687 g/mol. The molecule has 0 spiro atoms. The molecule has 4 aromatic rings. The van der Waals surface area contributed by atoms with Gasteiger partial charge in [0, 0.05) is 50.5 Å². The third-order valence-corrected chi connectivity index (χ3v) is 9.78. The monoisotopic (exact) mass is 686 g/mol. The van der Waals surface area contributed by atoms with E-state index >= 15 is 0 Å². The number of anilines is 5. The summed E-state index contributed by atoms with van der Waals surface area (Å²) in [7, 11) is 1.54. The number of nitrogens with one attached hydrogen (secondary N) is 2. The smallest absolute Gasteiger partial charge is 0.267 e. The molecule has 14 heteroatoms. The van der Waals surface area contributed by atoms with E-state index in [1.807, 2.05) is 24.8 Å². The maximum atomic E-state index is 14.1. The Kier molecular flexibility index (Phi) is 9.79. The van der Waals surface area contributed by atoms with E-state index in [0.29, 0.717) is 68.0 Å². The summed E-state index contributed by atoms with van der Waals surface area (Å²) in [5.74, 6) is 0.597. The third-order valence-electron chi connectivity index (χ3n) is 8.86. The molecule has 2 saturated heterocycles. The largest absolute Gasteiger partial charge is 0.493 e. The first-order valence-electron chi connectivity index (χ1n) is 16.0. The number of thiazole rings is 1. The summed E-state index contributed by atoms with van der Waals surface area (Å²) in [4.78, 5) is 45.9. The molecular formula is C35H39FN8O4S. The lowest BCUT2D eigenvalue weighted by atomic mass is 9.93. The van der Waals surface area contributed by atoms with Crippen molar-refractivity contribution in [3.05, 3.63) is 78.2 Å². The standard InChI is InChI=1S/C35H39FN8O4S/c1-5-30(45)44-17-16-43(21-22(44)2)32-27(42-14-12-35(3,47)13-15-42)18-23(19-37-32)25-10-11-28(48-4)31(39-25)41-34-38-20-29(49-34)33(46)40-26-9-7-6-8-24(26)36/h5-11,18-20,22,47H,1,12-17,21H2,2-4H3,(H,40,46)(H,38,39,41). The lowest BCUT2D eigenvalue weighted by molar-refractivity contribution is -0.128. The van der Waals surface area contributed by atoms with E-state index < -0.39 is 17.3 Å². The number of ether oxygens (including phenoxy) is 1. The van der Waals surface area contributed by atoms with Crippen molar-refractivity contribution in [3.63, 3.8) is 0 Å². The highest BCUT2D eigenvalue weighted by atomic mass is 32.1. The third kappa shape index (κ3) is 7.50. The number of benzene rings is 1. The number of carbonyl (C=O) groups excluding carboxylic acids is 2. The van der Waals surface area contributed by atoms with Crippen molar-refractivity contribution in [1.82, 2.24) is 19.9 Å². The SMILES string of the molecule is C=CC(=O)N1CCN(c2ncc(-c3ccc(OC)c(Nc4ncc(C(=O)Nc5ccccc5F)s4)n3)cc2N2CCC(C)(O)CC2)CC1C. The molecule has 49 heavy (non-hydrogen) atoms. The van der Waals surface area contributed by atoms with Gasteiger partial charge >= 0.3 is 0 Å². The Bertz CT molecular complexity index is 1860. The fourth-order valence-electron chi connectivity index (χ4n) is 6.03. The predicted octanol–water partition coefficient (Wildman–Crippen LogP) is 5.32. The molecule has 12 nitrogen and oxygen atoms in total. The molecule has 1 aromatic carbocycles. The number of aromatic nitrogens is 3. The quantitative estimate of drug-likeness (QED) is 0.199. The van der Waals surface area contributed by atoms with Crippen LogP contribution in [0.3, 0.4) is 0 Å². The Labute approximate surface area is 288 Å². The van der Waals surface area contributed by atoms with Gasteiger partial charge in [-0.1, -0.05) is 30.0 Å². The minimum Gasteiger partial charge on any atom is -0.493 e. The van der Waals surface area contributed by atoms with E-state index in [4.69, 9.17) is 14.7 Å². The molecule has 0 saturated carbocycles. The van der Waals surface area contributed by atoms with Gasteiger partial charge in [-0.2, -0.15) is 0 Å². The highest BCUT2D eigenvalue weighted by Crippen LogP contribution is 2.37. The van der Waals surface area contributed by atoms with E-state index in [1.54, 1.807) is 31.5 Å². The van der Waals surface area contributed by atoms with Crippen molar-refractivity contribution in [3.8, 4) is 17.0 Å². The number of methoxy groups -OCH3 is 1. The average Bonchev–Trinajstić information content (AvgIpc) is 3.57. The number of amides is 2. The number of nitrogens with zero attached hydrogens (tertiary/aromatic N) is 6. The Morgan fingerprint density at radius 1 is 1.10 bits per heavy atom. The van der Waals surface area contributed by atoms with Crippen LogP contribution in [0.4, 0.5) is 32.5 Å². The van der Waals surface area contributed by atoms with Crippen molar-refractivity contribution >= 4 is 51.3 Å². The van der Waals surface area contributed by atoms with E-state index in [0.717, 1.165) is 28.4 Å². The van der Waals surface area contributed by atoms with Crippen molar-refractivity contribution in [2.75, 3.05) is 60.3 Å². The van der Waals surface area contributed by atoms with Crippen LogP contribution in [-0.4, -0.2) is 88.2 Å². The molecule has 256 valence electrons.